The van der Waals surface area contributed by atoms with Crippen molar-refractivity contribution in [2.45, 2.75) is 6.54 Å². The Morgan fingerprint density at radius 2 is 1.71 bits per heavy atom. The third-order valence-corrected chi connectivity index (χ3v) is 4.42. The van der Waals surface area contributed by atoms with Gasteiger partial charge in [-0.25, -0.2) is 0 Å². The summed E-state index contributed by atoms with van der Waals surface area (Å²) in [6.07, 6.45) is 3.47. The molecule has 1 amide bonds. The summed E-state index contributed by atoms with van der Waals surface area (Å²) in [4.78, 5) is 20.6. The molecule has 0 bridgehead atoms. The lowest BCUT2D eigenvalue weighted by atomic mass is 10.2. The van der Waals surface area contributed by atoms with Crippen LogP contribution in [0.2, 0.25) is 5.02 Å². The van der Waals surface area contributed by atoms with E-state index in [4.69, 9.17) is 11.6 Å². The maximum absolute atomic E-state index is 12.1. The molecule has 2 heterocycles. The first-order valence-corrected chi connectivity index (χ1v) is 8.47. The summed E-state index contributed by atoms with van der Waals surface area (Å²) < 4.78 is 0. The van der Waals surface area contributed by atoms with E-state index in [0.717, 1.165) is 36.8 Å². The number of aromatic nitrogens is 1. The predicted molar refractivity (Wildman–Crippen MR) is 96.2 cm³/mol. The van der Waals surface area contributed by atoms with Gasteiger partial charge < -0.3 is 10.2 Å². The van der Waals surface area contributed by atoms with E-state index in [9.17, 15) is 4.79 Å². The maximum Gasteiger partial charge on any atom is 0.234 e. The summed E-state index contributed by atoms with van der Waals surface area (Å²) in [6, 6.07) is 11.7. The quantitative estimate of drug-likeness (QED) is 0.903. The van der Waals surface area contributed by atoms with Crippen LogP contribution in [0.1, 0.15) is 5.56 Å². The number of hydrogen-bond donors (Lipinski definition) is 1. The number of rotatable bonds is 5. The number of pyridine rings is 1. The molecule has 0 radical (unpaired) electrons. The summed E-state index contributed by atoms with van der Waals surface area (Å²) >= 11 is 5.93. The number of halogens is 1. The number of hydrogen-bond acceptors (Lipinski definition) is 4. The van der Waals surface area contributed by atoms with Crippen molar-refractivity contribution in [3.8, 4) is 0 Å². The van der Waals surface area contributed by atoms with Crippen LogP contribution in [0, 0.1) is 0 Å². The van der Waals surface area contributed by atoms with Gasteiger partial charge in [-0.3, -0.25) is 14.7 Å². The Hall–Kier alpha value is -2.11. The van der Waals surface area contributed by atoms with Crippen molar-refractivity contribution in [2.24, 2.45) is 0 Å². The molecular weight excluding hydrogens is 324 g/mol. The van der Waals surface area contributed by atoms with E-state index < -0.39 is 0 Å². The van der Waals surface area contributed by atoms with Crippen molar-refractivity contribution in [3.63, 3.8) is 0 Å². The summed E-state index contributed by atoms with van der Waals surface area (Å²) in [7, 11) is 0. The second kappa shape index (κ2) is 8.13. The van der Waals surface area contributed by atoms with Crippen molar-refractivity contribution < 1.29 is 4.79 Å². The minimum atomic E-state index is 0.0618. The highest BCUT2D eigenvalue weighted by Gasteiger charge is 2.19. The highest BCUT2D eigenvalue weighted by molar-refractivity contribution is 6.30. The number of amides is 1. The predicted octanol–water partition coefficient (Wildman–Crippen LogP) is 2.17. The zero-order valence-corrected chi connectivity index (χ0v) is 14.2. The van der Waals surface area contributed by atoms with Gasteiger partial charge in [0, 0.05) is 55.8 Å². The standard InChI is InChI=1S/C18H21ClN4O/c19-16-1-3-17(4-2-16)23-11-9-22(10-12-23)14-18(24)21-13-15-5-7-20-8-6-15/h1-8H,9-14H2,(H,21,24). The molecule has 1 saturated heterocycles. The highest BCUT2D eigenvalue weighted by Crippen LogP contribution is 2.19. The van der Waals surface area contributed by atoms with Crippen molar-refractivity contribution in [1.29, 1.82) is 0 Å². The molecule has 0 saturated carbocycles. The lowest BCUT2D eigenvalue weighted by molar-refractivity contribution is -0.122. The van der Waals surface area contributed by atoms with Crippen LogP contribution < -0.4 is 10.2 Å². The van der Waals surface area contributed by atoms with E-state index in [1.807, 2.05) is 36.4 Å². The summed E-state index contributed by atoms with van der Waals surface area (Å²) in [5, 5.41) is 3.71. The van der Waals surface area contributed by atoms with Gasteiger partial charge >= 0.3 is 0 Å². The molecule has 0 atom stereocenters. The van der Waals surface area contributed by atoms with Gasteiger partial charge in [-0.15, -0.1) is 0 Å². The number of piperazine rings is 1. The summed E-state index contributed by atoms with van der Waals surface area (Å²) in [5.41, 5.74) is 2.24. The Labute approximate surface area is 147 Å². The van der Waals surface area contributed by atoms with E-state index in [0.29, 0.717) is 13.1 Å². The average molecular weight is 345 g/mol. The largest absolute Gasteiger partial charge is 0.369 e. The van der Waals surface area contributed by atoms with E-state index in [1.165, 1.54) is 5.69 Å². The Morgan fingerprint density at radius 1 is 1.04 bits per heavy atom. The first-order valence-electron chi connectivity index (χ1n) is 8.09. The van der Waals surface area contributed by atoms with Crippen molar-refractivity contribution in [3.05, 3.63) is 59.4 Å². The second-order valence-electron chi connectivity index (χ2n) is 5.87. The smallest absolute Gasteiger partial charge is 0.234 e. The Kier molecular flexibility index (Phi) is 5.67. The van der Waals surface area contributed by atoms with E-state index in [-0.39, 0.29) is 5.91 Å². The summed E-state index contributed by atoms with van der Waals surface area (Å²) in [6.45, 7) is 4.58. The van der Waals surface area contributed by atoms with Crippen LogP contribution in [0.15, 0.2) is 48.8 Å². The molecule has 0 aliphatic carbocycles. The van der Waals surface area contributed by atoms with Crippen LogP contribution in [0.5, 0.6) is 0 Å². The zero-order valence-electron chi connectivity index (χ0n) is 13.5. The lowest BCUT2D eigenvalue weighted by Crippen LogP contribution is -2.49. The number of anilines is 1. The fourth-order valence-corrected chi connectivity index (χ4v) is 2.90. The van der Waals surface area contributed by atoms with Crippen LogP contribution in [0.4, 0.5) is 5.69 Å². The zero-order chi connectivity index (χ0) is 16.8. The molecule has 1 aliphatic rings. The first kappa shape index (κ1) is 16.7. The van der Waals surface area contributed by atoms with Crippen molar-refractivity contribution >= 4 is 23.2 Å². The molecule has 5 nitrogen and oxygen atoms in total. The van der Waals surface area contributed by atoms with Gasteiger partial charge in [-0.1, -0.05) is 11.6 Å². The minimum Gasteiger partial charge on any atom is -0.369 e. The van der Waals surface area contributed by atoms with Crippen LogP contribution in [0.3, 0.4) is 0 Å². The van der Waals surface area contributed by atoms with Crippen LogP contribution in [-0.2, 0) is 11.3 Å². The molecule has 1 aliphatic heterocycles. The van der Waals surface area contributed by atoms with Crippen molar-refractivity contribution in [2.75, 3.05) is 37.6 Å². The fraction of sp³-hybridized carbons (Fsp3) is 0.333. The van der Waals surface area contributed by atoms with Gasteiger partial charge in [0.2, 0.25) is 5.91 Å². The van der Waals surface area contributed by atoms with Crippen LogP contribution >= 0.6 is 11.6 Å². The highest BCUT2D eigenvalue weighted by atomic mass is 35.5. The number of nitrogens with one attached hydrogen (secondary N) is 1. The van der Waals surface area contributed by atoms with Gasteiger partial charge in [0.25, 0.3) is 0 Å². The molecule has 2 aromatic rings. The minimum absolute atomic E-state index is 0.0618. The van der Waals surface area contributed by atoms with Gasteiger partial charge in [0.05, 0.1) is 6.54 Å². The van der Waals surface area contributed by atoms with Crippen LogP contribution in [-0.4, -0.2) is 48.5 Å². The molecule has 1 aromatic heterocycles. The van der Waals surface area contributed by atoms with Gasteiger partial charge in [-0.2, -0.15) is 0 Å². The molecule has 0 spiro atoms. The first-order chi connectivity index (χ1) is 11.7. The Balaban J connectivity index is 1.41. The molecule has 3 rings (SSSR count). The monoisotopic (exact) mass is 344 g/mol. The molecule has 6 heteroatoms. The van der Waals surface area contributed by atoms with Crippen LogP contribution in [0.25, 0.3) is 0 Å². The maximum atomic E-state index is 12.1. The van der Waals surface area contributed by atoms with Gasteiger partial charge in [-0.05, 0) is 42.0 Å². The number of nitrogens with zero attached hydrogens (tertiary/aromatic N) is 3. The van der Waals surface area contributed by atoms with Gasteiger partial charge in [0.1, 0.15) is 0 Å². The lowest BCUT2D eigenvalue weighted by Gasteiger charge is -2.35. The van der Waals surface area contributed by atoms with E-state index in [1.54, 1.807) is 12.4 Å². The van der Waals surface area contributed by atoms with E-state index in [2.05, 4.69) is 20.1 Å². The molecule has 0 unspecified atom stereocenters. The molecule has 1 fully saturated rings. The van der Waals surface area contributed by atoms with Crippen molar-refractivity contribution in [1.82, 2.24) is 15.2 Å². The molecular formula is C18H21ClN4O. The number of carbonyl (C=O) groups is 1. The normalized spacial score (nSPS) is 15.3. The second-order valence-corrected chi connectivity index (χ2v) is 6.31. The number of carbonyl (C=O) groups excluding carboxylic acids is 1. The molecule has 24 heavy (non-hydrogen) atoms. The van der Waals surface area contributed by atoms with E-state index >= 15 is 0 Å². The average Bonchev–Trinajstić information content (AvgIpc) is 2.62. The fourth-order valence-electron chi connectivity index (χ4n) is 2.78. The third kappa shape index (κ3) is 4.69. The Morgan fingerprint density at radius 3 is 2.38 bits per heavy atom. The topological polar surface area (TPSA) is 48.5 Å². The number of benzene rings is 1. The molecule has 1 N–H and O–H groups in total. The summed E-state index contributed by atoms with van der Waals surface area (Å²) in [5.74, 6) is 0.0618. The third-order valence-electron chi connectivity index (χ3n) is 4.17. The molecule has 1 aromatic carbocycles. The Bertz CT molecular complexity index is 654. The van der Waals surface area contributed by atoms with Gasteiger partial charge in [0.15, 0.2) is 0 Å². The SMILES string of the molecule is O=C(CN1CCN(c2ccc(Cl)cc2)CC1)NCc1ccncc1. The molecule has 126 valence electrons.